The van der Waals surface area contributed by atoms with Gasteiger partial charge in [0.2, 0.25) is 11.8 Å². The smallest absolute Gasteiger partial charge is 0.240 e. The van der Waals surface area contributed by atoms with E-state index in [9.17, 15) is 9.59 Å². The minimum atomic E-state index is -0.415. The van der Waals surface area contributed by atoms with Gasteiger partial charge in [-0.25, -0.2) is 0 Å². The molecule has 80 valence electrons. The highest BCUT2D eigenvalue weighted by atomic mass is 16.2. The number of rotatable bonds is 3. The quantitative estimate of drug-likeness (QED) is 0.616. The van der Waals surface area contributed by atoms with Crippen molar-refractivity contribution >= 4 is 11.8 Å². The van der Waals surface area contributed by atoms with E-state index in [1.165, 1.54) is 4.90 Å². The van der Waals surface area contributed by atoms with Crippen LogP contribution in [-0.4, -0.2) is 41.9 Å². The van der Waals surface area contributed by atoms with Gasteiger partial charge in [-0.1, -0.05) is 0 Å². The van der Waals surface area contributed by atoms with Gasteiger partial charge in [0.25, 0.3) is 0 Å². The van der Waals surface area contributed by atoms with Crippen LogP contribution in [0.4, 0.5) is 0 Å². The highest BCUT2D eigenvalue weighted by Gasteiger charge is 2.29. The number of hydrogen-bond donors (Lipinski definition) is 2. The Morgan fingerprint density at radius 3 is 2.79 bits per heavy atom. The lowest BCUT2D eigenvalue weighted by molar-refractivity contribution is -0.133. The molecule has 1 heterocycles. The SMILES string of the molecule is CC(C)NC(=O)CN1CCC(N)C1=O. The van der Waals surface area contributed by atoms with Crippen LogP contribution in [0.1, 0.15) is 20.3 Å². The predicted octanol–water partition coefficient (Wildman–Crippen LogP) is -0.929. The fraction of sp³-hybridized carbons (Fsp3) is 0.778. The Labute approximate surface area is 83.6 Å². The molecule has 0 aromatic heterocycles. The minimum absolute atomic E-state index is 0.105. The second-order valence-corrected chi connectivity index (χ2v) is 3.88. The summed E-state index contributed by atoms with van der Waals surface area (Å²) in [6.07, 6.45) is 0.647. The molecule has 0 bridgehead atoms. The summed E-state index contributed by atoms with van der Waals surface area (Å²) >= 11 is 0. The van der Waals surface area contributed by atoms with E-state index in [1.807, 2.05) is 13.8 Å². The molecule has 1 atom stereocenters. The molecular formula is C9H17N3O2. The molecule has 0 saturated carbocycles. The summed E-state index contributed by atoms with van der Waals surface area (Å²) in [4.78, 5) is 24.2. The zero-order valence-electron chi connectivity index (χ0n) is 8.62. The van der Waals surface area contributed by atoms with Crippen molar-refractivity contribution in [3.63, 3.8) is 0 Å². The number of amides is 2. The molecular weight excluding hydrogens is 182 g/mol. The van der Waals surface area contributed by atoms with Crippen molar-refractivity contribution in [2.24, 2.45) is 5.73 Å². The fourth-order valence-electron chi connectivity index (χ4n) is 1.46. The molecule has 1 aliphatic heterocycles. The zero-order valence-corrected chi connectivity index (χ0v) is 8.62. The average Bonchev–Trinajstić information content (AvgIpc) is 2.34. The third-order valence-electron chi connectivity index (χ3n) is 2.12. The Bertz CT molecular complexity index is 240. The van der Waals surface area contributed by atoms with Crippen molar-refractivity contribution in [1.29, 1.82) is 0 Å². The van der Waals surface area contributed by atoms with Gasteiger partial charge in [-0.2, -0.15) is 0 Å². The molecule has 14 heavy (non-hydrogen) atoms. The highest BCUT2D eigenvalue weighted by Crippen LogP contribution is 2.07. The van der Waals surface area contributed by atoms with E-state index in [4.69, 9.17) is 5.73 Å². The fourth-order valence-corrected chi connectivity index (χ4v) is 1.46. The van der Waals surface area contributed by atoms with Gasteiger partial charge >= 0.3 is 0 Å². The second kappa shape index (κ2) is 4.41. The topological polar surface area (TPSA) is 75.4 Å². The summed E-state index contributed by atoms with van der Waals surface area (Å²) in [6, 6.07) is -0.310. The van der Waals surface area contributed by atoms with Gasteiger partial charge < -0.3 is 16.0 Å². The Morgan fingerprint density at radius 1 is 1.71 bits per heavy atom. The van der Waals surface area contributed by atoms with Crippen molar-refractivity contribution in [2.45, 2.75) is 32.4 Å². The van der Waals surface area contributed by atoms with Gasteiger partial charge in [-0.05, 0) is 20.3 Å². The van der Waals surface area contributed by atoms with Crippen LogP contribution in [-0.2, 0) is 9.59 Å². The van der Waals surface area contributed by atoms with Crippen LogP contribution in [0, 0.1) is 0 Å². The van der Waals surface area contributed by atoms with E-state index in [-0.39, 0.29) is 24.4 Å². The number of nitrogens with two attached hydrogens (primary N) is 1. The molecule has 0 aliphatic carbocycles. The minimum Gasteiger partial charge on any atom is -0.352 e. The van der Waals surface area contributed by atoms with Crippen LogP contribution in [0.15, 0.2) is 0 Å². The molecule has 1 unspecified atom stereocenters. The first-order valence-corrected chi connectivity index (χ1v) is 4.84. The number of carbonyl (C=O) groups is 2. The first kappa shape index (κ1) is 11.0. The van der Waals surface area contributed by atoms with E-state index in [0.29, 0.717) is 13.0 Å². The van der Waals surface area contributed by atoms with Gasteiger partial charge in [-0.3, -0.25) is 9.59 Å². The molecule has 3 N–H and O–H groups in total. The van der Waals surface area contributed by atoms with Crippen LogP contribution in [0.5, 0.6) is 0 Å². The highest BCUT2D eigenvalue weighted by molar-refractivity contribution is 5.88. The Hall–Kier alpha value is -1.10. The zero-order chi connectivity index (χ0) is 10.7. The van der Waals surface area contributed by atoms with Crippen molar-refractivity contribution in [2.75, 3.05) is 13.1 Å². The summed E-state index contributed by atoms with van der Waals surface area (Å²) in [6.45, 7) is 4.49. The van der Waals surface area contributed by atoms with Gasteiger partial charge in [0, 0.05) is 12.6 Å². The van der Waals surface area contributed by atoms with E-state index >= 15 is 0 Å². The number of hydrogen-bond acceptors (Lipinski definition) is 3. The predicted molar refractivity (Wildman–Crippen MR) is 52.5 cm³/mol. The molecule has 1 aliphatic rings. The maximum Gasteiger partial charge on any atom is 0.240 e. The lowest BCUT2D eigenvalue weighted by Gasteiger charge is -2.16. The van der Waals surface area contributed by atoms with Crippen LogP contribution in [0.3, 0.4) is 0 Å². The van der Waals surface area contributed by atoms with E-state index in [0.717, 1.165) is 0 Å². The van der Waals surface area contributed by atoms with Crippen LogP contribution in [0.2, 0.25) is 0 Å². The molecule has 5 nitrogen and oxygen atoms in total. The summed E-state index contributed by atoms with van der Waals surface area (Å²) in [7, 11) is 0. The van der Waals surface area contributed by atoms with Gasteiger partial charge in [0.05, 0.1) is 12.6 Å². The molecule has 1 rings (SSSR count). The lowest BCUT2D eigenvalue weighted by Crippen LogP contribution is -2.42. The van der Waals surface area contributed by atoms with Gasteiger partial charge in [-0.15, -0.1) is 0 Å². The number of likely N-dealkylation sites (tertiary alicyclic amines) is 1. The summed E-state index contributed by atoms with van der Waals surface area (Å²) in [5, 5.41) is 2.73. The number of carbonyl (C=O) groups excluding carboxylic acids is 2. The van der Waals surface area contributed by atoms with E-state index in [1.54, 1.807) is 0 Å². The van der Waals surface area contributed by atoms with E-state index in [2.05, 4.69) is 5.32 Å². The average molecular weight is 199 g/mol. The first-order valence-electron chi connectivity index (χ1n) is 4.84. The summed E-state index contributed by atoms with van der Waals surface area (Å²) in [5.74, 6) is -0.244. The van der Waals surface area contributed by atoms with Crippen LogP contribution >= 0.6 is 0 Å². The Kier molecular flexibility index (Phi) is 3.46. The summed E-state index contributed by atoms with van der Waals surface area (Å²) in [5.41, 5.74) is 5.52. The summed E-state index contributed by atoms with van der Waals surface area (Å²) < 4.78 is 0. The number of nitrogens with one attached hydrogen (secondary N) is 1. The van der Waals surface area contributed by atoms with Gasteiger partial charge in [0.15, 0.2) is 0 Å². The van der Waals surface area contributed by atoms with Gasteiger partial charge in [0.1, 0.15) is 0 Å². The molecule has 0 aromatic rings. The van der Waals surface area contributed by atoms with E-state index < -0.39 is 6.04 Å². The molecule has 0 radical (unpaired) electrons. The van der Waals surface area contributed by atoms with Crippen molar-refractivity contribution in [3.8, 4) is 0 Å². The maximum atomic E-state index is 11.3. The first-order chi connectivity index (χ1) is 6.50. The van der Waals surface area contributed by atoms with Crippen molar-refractivity contribution in [3.05, 3.63) is 0 Å². The molecule has 1 fully saturated rings. The van der Waals surface area contributed by atoms with Crippen molar-refractivity contribution in [1.82, 2.24) is 10.2 Å². The third kappa shape index (κ3) is 2.70. The van der Waals surface area contributed by atoms with Crippen LogP contribution in [0.25, 0.3) is 0 Å². The molecule has 0 aromatic carbocycles. The van der Waals surface area contributed by atoms with Crippen LogP contribution < -0.4 is 11.1 Å². The second-order valence-electron chi connectivity index (χ2n) is 3.88. The molecule has 5 heteroatoms. The standard InChI is InChI=1S/C9H17N3O2/c1-6(2)11-8(13)5-12-4-3-7(10)9(12)14/h6-7H,3-5,10H2,1-2H3,(H,11,13). The molecule has 2 amide bonds. The number of nitrogens with zero attached hydrogens (tertiary/aromatic N) is 1. The lowest BCUT2D eigenvalue weighted by atomic mass is 10.3. The Balaban J connectivity index is 2.38. The normalized spacial score (nSPS) is 21.9. The molecule has 0 spiro atoms. The maximum absolute atomic E-state index is 11.3. The molecule has 1 saturated heterocycles. The largest absolute Gasteiger partial charge is 0.352 e. The van der Waals surface area contributed by atoms with Crippen molar-refractivity contribution < 1.29 is 9.59 Å². The monoisotopic (exact) mass is 199 g/mol. The third-order valence-corrected chi connectivity index (χ3v) is 2.12. The Morgan fingerprint density at radius 2 is 2.36 bits per heavy atom.